The van der Waals surface area contributed by atoms with Gasteiger partial charge in [-0.25, -0.2) is 0 Å². The molecule has 1 aromatic rings. The predicted octanol–water partition coefficient (Wildman–Crippen LogP) is 2.91. The summed E-state index contributed by atoms with van der Waals surface area (Å²) in [5, 5.41) is 8.44. The van der Waals surface area contributed by atoms with Crippen LogP contribution in [0.25, 0.3) is 0 Å². The van der Waals surface area contributed by atoms with Crippen LogP contribution in [0.15, 0.2) is 33.6 Å². The second-order valence-electron chi connectivity index (χ2n) is 3.47. The van der Waals surface area contributed by atoms with E-state index in [1.54, 1.807) is 11.9 Å². The SMILES string of the molecule is CN(CCC#N)C(=O)CSc1cccc(Br)c1. The van der Waals surface area contributed by atoms with E-state index in [9.17, 15) is 4.79 Å². The highest BCUT2D eigenvalue weighted by molar-refractivity contribution is 9.10. The molecule has 17 heavy (non-hydrogen) atoms. The van der Waals surface area contributed by atoms with E-state index in [4.69, 9.17) is 5.26 Å². The number of rotatable bonds is 5. The minimum Gasteiger partial charge on any atom is -0.344 e. The van der Waals surface area contributed by atoms with E-state index in [1.165, 1.54) is 11.8 Å². The minimum atomic E-state index is 0.0465. The van der Waals surface area contributed by atoms with Gasteiger partial charge in [-0.3, -0.25) is 4.79 Å². The van der Waals surface area contributed by atoms with Gasteiger partial charge in [0.1, 0.15) is 0 Å². The number of halogens is 1. The first-order chi connectivity index (χ1) is 8.13. The molecule has 0 atom stereocenters. The molecule has 1 rings (SSSR count). The molecule has 1 amide bonds. The molecule has 90 valence electrons. The quantitative estimate of drug-likeness (QED) is 0.785. The van der Waals surface area contributed by atoms with Gasteiger partial charge < -0.3 is 4.90 Å². The summed E-state index contributed by atoms with van der Waals surface area (Å²) < 4.78 is 1.01. The molecule has 1 aromatic carbocycles. The number of nitriles is 1. The molecule has 0 spiro atoms. The summed E-state index contributed by atoms with van der Waals surface area (Å²) >= 11 is 4.89. The van der Waals surface area contributed by atoms with E-state index >= 15 is 0 Å². The fourth-order valence-electron chi connectivity index (χ4n) is 1.15. The maximum Gasteiger partial charge on any atom is 0.232 e. The first-order valence-corrected chi connectivity index (χ1v) is 6.90. The van der Waals surface area contributed by atoms with Crippen molar-refractivity contribution in [3.8, 4) is 6.07 Å². The van der Waals surface area contributed by atoms with Crippen molar-refractivity contribution in [3.05, 3.63) is 28.7 Å². The lowest BCUT2D eigenvalue weighted by Crippen LogP contribution is -2.29. The number of thioether (sulfide) groups is 1. The van der Waals surface area contributed by atoms with Crippen LogP contribution in [0.1, 0.15) is 6.42 Å². The monoisotopic (exact) mass is 312 g/mol. The minimum absolute atomic E-state index is 0.0465. The third-order valence-electron chi connectivity index (χ3n) is 2.14. The molecule has 0 bridgehead atoms. The number of hydrogen-bond donors (Lipinski definition) is 0. The second kappa shape index (κ2) is 7.36. The van der Waals surface area contributed by atoms with Crippen LogP contribution < -0.4 is 0 Å². The summed E-state index contributed by atoms with van der Waals surface area (Å²) in [6.07, 6.45) is 0.379. The van der Waals surface area contributed by atoms with Crippen LogP contribution in [-0.4, -0.2) is 30.2 Å². The van der Waals surface area contributed by atoms with E-state index in [1.807, 2.05) is 30.3 Å². The molecule has 0 saturated carbocycles. The van der Waals surface area contributed by atoms with E-state index in [2.05, 4.69) is 15.9 Å². The fourth-order valence-corrected chi connectivity index (χ4v) is 2.60. The van der Waals surface area contributed by atoms with Crippen molar-refractivity contribution in [2.75, 3.05) is 19.3 Å². The molecule has 0 heterocycles. The van der Waals surface area contributed by atoms with Crippen molar-refractivity contribution in [2.45, 2.75) is 11.3 Å². The normalized spacial score (nSPS) is 9.71. The van der Waals surface area contributed by atoms with Gasteiger partial charge in [0.15, 0.2) is 0 Å². The molecule has 0 aliphatic heterocycles. The van der Waals surface area contributed by atoms with Crippen molar-refractivity contribution < 1.29 is 4.79 Å². The van der Waals surface area contributed by atoms with Crippen LogP contribution in [0, 0.1) is 11.3 Å². The first kappa shape index (κ1) is 14.1. The Morgan fingerprint density at radius 1 is 1.59 bits per heavy atom. The van der Waals surface area contributed by atoms with Crippen LogP contribution in [-0.2, 0) is 4.79 Å². The zero-order valence-electron chi connectivity index (χ0n) is 9.52. The number of carbonyl (C=O) groups excluding carboxylic acids is 1. The van der Waals surface area contributed by atoms with E-state index in [0.717, 1.165) is 9.37 Å². The van der Waals surface area contributed by atoms with Gasteiger partial charge in [0.25, 0.3) is 0 Å². The van der Waals surface area contributed by atoms with Gasteiger partial charge in [0, 0.05) is 23.0 Å². The van der Waals surface area contributed by atoms with Gasteiger partial charge in [-0.2, -0.15) is 5.26 Å². The smallest absolute Gasteiger partial charge is 0.232 e. The van der Waals surface area contributed by atoms with Crippen LogP contribution in [0.2, 0.25) is 0 Å². The van der Waals surface area contributed by atoms with Gasteiger partial charge in [0.05, 0.1) is 18.2 Å². The van der Waals surface area contributed by atoms with E-state index in [-0.39, 0.29) is 5.91 Å². The van der Waals surface area contributed by atoms with Gasteiger partial charge in [-0.15, -0.1) is 11.8 Å². The van der Waals surface area contributed by atoms with Crippen LogP contribution in [0.3, 0.4) is 0 Å². The number of amides is 1. The summed E-state index contributed by atoms with van der Waals surface area (Å²) in [5.74, 6) is 0.448. The average Bonchev–Trinajstić information content (AvgIpc) is 2.33. The highest BCUT2D eigenvalue weighted by Crippen LogP contribution is 2.21. The Kier molecular flexibility index (Phi) is 6.09. The molecule has 0 fully saturated rings. The molecule has 5 heteroatoms. The Bertz CT molecular complexity index is 431. The van der Waals surface area contributed by atoms with Gasteiger partial charge >= 0.3 is 0 Å². The predicted molar refractivity (Wildman–Crippen MR) is 72.7 cm³/mol. The van der Waals surface area contributed by atoms with Crippen LogP contribution >= 0.6 is 27.7 Å². The van der Waals surface area contributed by atoms with Gasteiger partial charge in [-0.05, 0) is 18.2 Å². The fraction of sp³-hybridized carbons (Fsp3) is 0.333. The van der Waals surface area contributed by atoms with Crippen molar-refractivity contribution >= 4 is 33.6 Å². The maximum atomic E-state index is 11.7. The van der Waals surface area contributed by atoms with Crippen molar-refractivity contribution in [3.63, 3.8) is 0 Å². The van der Waals surface area contributed by atoms with Crippen molar-refractivity contribution in [1.29, 1.82) is 5.26 Å². The molecule has 0 aromatic heterocycles. The zero-order chi connectivity index (χ0) is 12.7. The number of nitrogens with zero attached hydrogens (tertiary/aromatic N) is 2. The third kappa shape index (κ3) is 5.24. The number of carbonyl (C=O) groups is 1. The second-order valence-corrected chi connectivity index (χ2v) is 5.43. The summed E-state index contributed by atoms with van der Waals surface area (Å²) in [4.78, 5) is 14.3. The molecule has 0 unspecified atom stereocenters. The molecule has 3 nitrogen and oxygen atoms in total. The Hall–Kier alpha value is -0.990. The molecular weight excluding hydrogens is 300 g/mol. The summed E-state index contributed by atoms with van der Waals surface area (Å²) in [6, 6.07) is 9.87. The molecule has 0 radical (unpaired) electrons. The molecular formula is C12H13BrN2OS. The lowest BCUT2D eigenvalue weighted by atomic mass is 10.4. The molecule has 0 saturated heterocycles. The van der Waals surface area contributed by atoms with Crippen molar-refractivity contribution in [2.24, 2.45) is 0 Å². The van der Waals surface area contributed by atoms with Crippen LogP contribution in [0.5, 0.6) is 0 Å². The summed E-state index contributed by atoms with van der Waals surface area (Å²) in [6.45, 7) is 0.494. The molecule has 0 N–H and O–H groups in total. The number of benzene rings is 1. The highest BCUT2D eigenvalue weighted by atomic mass is 79.9. The zero-order valence-corrected chi connectivity index (χ0v) is 11.9. The summed E-state index contributed by atoms with van der Waals surface area (Å²) in [5.41, 5.74) is 0. The molecule has 0 aliphatic carbocycles. The lowest BCUT2D eigenvalue weighted by molar-refractivity contribution is -0.127. The Morgan fingerprint density at radius 3 is 3.00 bits per heavy atom. The highest BCUT2D eigenvalue weighted by Gasteiger charge is 2.08. The van der Waals surface area contributed by atoms with Crippen LogP contribution in [0.4, 0.5) is 0 Å². The third-order valence-corrected chi connectivity index (χ3v) is 3.61. The van der Waals surface area contributed by atoms with Gasteiger partial charge in [-0.1, -0.05) is 22.0 Å². The number of hydrogen-bond acceptors (Lipinski definition) is 3. The lowest BCUT2D eigenvalue weighted by Gasteiger charge is -2.14. The largest absolute Gasteiger partial charge is 0.344 e. The Balaban J connectivity index is 2.40. The maximum absolute atomic E-state index is 11.7. The van der Waals surface area contributed by atoms with E-state index in [0.29, 0.717) is 18.7 Å². The topological polar surface area (TPSA) is 44.1 Å². The van der Waals surface area contributed by atoms with E-state index < -0.39 is 0 Å². The Morgan fingerprint density at radius 2 is 2.35 bits per heavy atom. The average molecular weight is 313 g/mol. The molecule has 0 aliphatic rings. The standard InChI is InChI=1S/C12H13BrN2OS/c1-15(7-3-6-14)12(16)9-17-11-5-2-4-10(13)8-11/h2,4-5,8H,3,7,9H2,1H3. The van der Waals surface area contributed by atoms with Crippen molar-refractivity contribution in [1.82, 2.24) is 4.90 Å². The van der Waals surface area contributed by atoms with Gasteiger partial charge in [0.2, 0.25) is 5.91 Å². The first-order valence-electron chi connectivity index (χ1n) is 5.13. The summed E-state index contributed by atoms with van der Waals surface area (Å²) in [7, 11) is 1.72. The Labute approximate surface area is 114 Å².